The van der Waals surface area contributed by atoms with Gasteiger partial charge in [0.05, 0.1) is 209 Å². The van der Waals surface area contributed by atoms with Crippen molar-refractivity contribution in [2.45, 2.75) is 80.6 Å². The van der Waals surface area contributed by atoms with Crippen LogP contribution in [-0.4, -0.2) is 347 Å². The van der Waals surface area contributed by atoms with Crippen molar-refractivity contribution < 1.29 is 196 Å². The highest BCUT2D eigenvalue weighted by Crippen LogP contribution is 2.27. The quantitative estimate of drug-likeness (QED) is 0.0119. The van der Waals surface area contributed by atoms with Crippen LogP contribution in [0.25, 0.3) is 0 Å². The molecule has 0 spiro atoms. The zero-order valence-electron chi connectivity index (χ0n) is 69.1. The molecule has 0 bridgehead atoms. The second-order valence-electron chi connectivity index (χ2n) is 20.5. The van der Waals surface area contributed by atoms with Crippen LogP contribution in [0.1, 0.15) is 57.8 Å². The molecule has 2 unspecified atom stereocenters. The van der Waals surface area contributed by atoms with E-state index in [0.717, 1.165) is 109 Å². The lowest BCUT2D eigenvalue weighted by Crippen LogP contribution is -2.48. The number of allylic oxidation sites excluding steroid dienone is 1. The van der Waals surface area contributed by atoms with E-state index < -0.39 is 174 Å². The van der Waals surface area contributed by atoms with Crippen molar-refractivity contribution >= 4 is 143 Å². The Morgan fingerprint density at radius 2 is 0.793 bits per heavy atom. The molecule has 0 aliphatic carbocycles. The lowest BCUT2D eigenvalue weighted by Gasteiger charge is -2.28. The van der Waals surface area contributed by atoms with Crippen molar-refractivity contribution in [2.75, 3.05) is 212 Å². The van der Waals surface area contributed by atoms with Crippen molar-refractivity contribution in [1.29, 1.82) is 0 Å². The van der Waals surface area contributed by atoms with Crippen LogP contribution >= 0.6 is 36.0 Å². The maximum atomic E-state index is 12.2. The predicted molar refractivity (Wildman–Crippen MR) is 408 cm³/mol. The van der Waals surface area contributed by atoms with Crippen LogP contribution in [0, 0.1) is 5.92 Å². The Morgan fingerprint density at radius 1 is 0.422 bits per heavy atom. The summed E-state index contributed by atoms with van der Waals surface area (Å²) in [4.78, 5) is 204. The molecule has 44 nitrogen and oxygen atoms in total. The summed E-state index contributed by atoms with van der Waals surface area (Å²) in [6.07, 6.45) is -1.97. The Bertz CT molecular complexity index is 2860. The third-order valence-electron chi connectivity index (χ3n) is 12.5. The zero-order chi connectivity index (χ0) is 91.9. The number of esters is 17. The van der Waals surface area contributed by atoms with Gasteiger partial charge in [0.2, 0.25) is 16.4 Å². The Hall–Kier alpha value is -9.49. The molecule has 0 saturated carbocycles. The van der Waals surface area contributed by atoms with Gasteiger partial charge in [-0.25, -0.2) is 28.8 Å². The van der Waals surface area contributed by atoms with Crippen molar-refractivity contribution in [1.82, 2.24) is 5.32 Å². The van der Waals surface area contributed by atoms with Crippen LogP contribution in [0.15, 0.2) is 37.0 Å². The molecule has 6 N–H and O–H groups in total. The van der Waals surface area contributed by atoms with Gasteiger partial charge in [0, 0.05) is 84.6 Å². The third kappa shape index (κ3) is 67.8. The van der Waals surface area contributed by atoms with Gasteiger partial charge in [-0.1, -0.05) is 13.2 Å². The number of aliphatic hydroxyl groups is 1. The molecular formula is C69H116ClN3O41S2. The number of carbonyl (C=O) groups excluding carboxylic acids is 18. The Morgan fingerprint density at radius 3 is 1.08 bits per heavy atom. The minimum absolute atomic E-state index is 0.0184. The Balaban J connectivity index is -0.000000167. The molecule has 0 fully saturated rings. The number of ether oxygens (including phenoxy) is 22. The average Bonchev–Trinajstić information content (AvgIpc) is 0.815. The summed E-state index contributed by atoms with van der Waals surface area (Å²) in [6, 6.07) is -1.01. The van der Waals surface area contributed by atoms with Crippen molar-refractivity contribution in [2.24, 2.45) is 17.4 Å². The molecule has 0 aliphatic rings. The molecule has 0 aromatic carbocycles. The number of thiol groups is 1. The van der Waals surface area contributed by atoms with Crippen molar-refractivity contribution in [3.8, 4) is 0 Å². The summed E-state index contributed by atoms with van der Waals surface area (Å²) >= 11 is 10.0. The Labute approximate surface area is 688 Å². The standard InChI is InChI=1S/C15H24O9S.C12H21NO7.C12H16O8.C9H14O7.C9H12O6.C3H3ClO.2C3H9NO.C3H8OS/c1-20-6-8-25-7-5-11(16)24-15(14(19)23-4,9-12(17)21-2)10-13(18)22-3;1-17-6-5-13-10(12(16)20-4)8(11(15)19-3)7-9(14)18-2;1-5-8(13)20-12(11(16)19-4,6-9(14)17-2)7-10(15)18-3;1-14-6(10)4-9(13,8(12)16-3)5-7(11)15-2;1-13-7(10)4-6(9(12)15-3)5-8(11)14-2;1-2-3(4)5;2*1-5-3-2-4;1-4-2-3-5/h5-10H2,1-4H3;8,10,13H,5-7H2,1-4H3;5H,1,6-7H2,2-4H3;13H,4-5H2,1-3H3;4H,5H2,1-3H3;2H,1H2;2*2-4H2,1H3;5H,2-3H2,1H3/b;;;;6-4-;;;;. The number of hydrogen-bond donors (Lipinski definition) is 5. The molecule has 47 heteroatoms. The van der Waals surface area contributed by atoms with Gasteiger partial charge in [-0.05, 0) is 17.7 Å². The van der Waals surface area contributed by atoms with Gasteiger partial charge in [0.1, 0.15) is 6.04 Å². The van der Waals surface area contributed by atoms with E-state index in [1.165, 1.54) is 47.3 Å². The number of nitrogens with two attached hydrogens (primary N) is 2. The van der Waals surface area contributed by atoms with Gasteiger partial charge >= 0.3 is 101 Å². The molecule has 672 valence electrons. The number of rotatable bonds is 44. The number of halogens is 1. The van der Waals surface area contributed by atoms with Gasteiger partial charge in [0.25, 0.3) is 0 Å². The maximum Gasteiger partial charge on any atom is 0.351 e. The summed E-state index contributed by atoms with van der Waals surface area (Å²) in [7, 11) is 24.7. The van der Waals surface area contributed by atoms with Crippen LogP contribution in [0.5, 0.6) is 0 Å². The fourth-order valence-electron chi connectivity index (χ4n) is 6.81. The van der Waals surface area contributed by atoms with Gasteiger partial charge in [0.15, 0.2) is 5.60 Å². The summed E-state index contributed by atoms with van der Waals surface area (Å²) in [5, 5.41) is 12.1. The van der Waals surface area contributed by atoms with Crippen molar-refractivity contribution in [3.05, 3.63) is 37.0 Å². The number of methoxy groups -OCH3 is 20. The minimum Gasteiger partial charge on any atom is -0.469 e. The van der Waals surface area contributed by atoms with Gasteiger partial charge in [-0.2, -0.15) is 24.4 Å². The average molecular weight is 1740 g/mol. The number of hydrogen-bond acceptors (Lipinski definition) is 46. The largest absolute Gasteiger partial charge is 0.469 e. The summed E-state index contributed by atoms with van der Waals surface area (Å²) in [5.41, 5.74) is 3.38. The molecule has 0 aliphatic heterocycles. The second-order valence-corrected chi connectivity index (χ2v) is 22.6. The Kier molecular flexibility index (Phi) is 88.2. The summed E-state index contributed by atoms with van der Waals surface area (Å²) < 4.78 is 100. The highest BCUT2D eigenvalue weighted by Gasteiger charge is 2.50. The maximum absolute atomic E-state index is 12.2. The van der Waals surface area contributed by atoms with E-state index >= 15 is 0 Å². The molecule has 0 amide bonds. The fraction of sp³-hybridized carbons (Fsp3) is 0.652. The molecular weight excluding hydrogens is 1630 g/mol. The summed E-state index contributed by atoms with van der Waals surface area (Å²) in [5.74, 6) is -13.3. The highest BCUT2D eigenvalue weighted by molar-refractivity contribution is 7.99. The van der Waals surface area contributed by atoms with Crippen LogP contribution < -0.4 is 16.8 Å². The molecule has 0 heterocycles. The lowest BCUT2D eigenvalue weighted by molar-refractivity contribution is -0.188. The third-order valence-corrected chi connectivity index (χ3v) is 13.8. The van der Waals surface area contributed by atoms with Crippen LogP contribution in [0.4, 0.5) is 0 Å². The highest BCUT2D eigenvalue weighted by atomic mass is 35.5. The van der Waals surface area contributed by atoms with E-state index in [1.54, 1.807) is 28.4 Å². The van der Waals surface area contributed by atoms with E-state index in [4.69, 9.17) is 42.0 Å². The topological polar surface area (TPSA) is 595 Å². The molecule has 0 radical (unpaired) electrons. The van der Waals surface area contributed by atoms with E-state index in [-0.39, 0.29) is 24.8 Å². The summed E-state index contributed by atoms with van der Waals surface area (Å²) in [6.45, 7) is 10.8. The zero-order valence-corrected chi connectivity index (χ0v) is 71.6. The molecule has 2 atom stereocenters. The molecule has 0 aromatic rings. The lowest BCUT2D eigenvalue weighted by atomic mass is 9.95. The number of thioether (sulfide) groups is 1. The molecule has 0 saturated heterocycles. The van der Waals surface area contributed by atoms with Gasteiger partial charge in [-0.15, -0.1) is 0 Å². The minimum atomic E-state index is -2.26. The molecule has 0 rings (SSSR count). The first kappa shape index (κ1) is 125. The van der Waals surface area contributed by atoms with Gasteiger partial charge in [-0.3, -0.25) is 57.5 Å². The van der Waals surface area contributed by atoms with Crippen LogP contribution in [0.2, 0.25) is 0 Å². The molecule has 0 aromatic heterocycles. The molecule has 116 heavy (non-hydrogen) atoms. The van der Waals surface area contributed by atoms with Crippen molar-refractivity contribution in [3.63, 3.8) is 0 Å². The van der Waals surface area contributed by atoms with Crippen LogP contribution in [-0.2, 0) is 191 Å². The first-order valence-electron chi connectivity index (χ1n) is 32.9. The fourth-order valence-corrected chi connectivity index (χ4v) is 7.79. The second kappa shape index (κ2) is 82.1. The normalized spacial score (nSPS) is 10.5. The van der Waals surface area contributed by atoms with E-state index in [2.05, 4.69) is 116 Å². The first-order valence-corrected chi connectivity index (χ1v) is 35.0. The van der Waals surface area contributed by atoms with E-state index in [9.17, 15) is 91.4 Å². The number of carbonyl (C=O) groups is 18. The van der Waals surface area contributed by atoms with E-state index in [1.807, 2.05) is 0 Å². The van der Waals surface area contributed by atoms with Gasteiger partial charge < -0.3 is 126 Å². The van der Waals surface area contributed by atoms with Crippen LogP contribution in [0.3, 0.4) is 0 Å². The van der Waals surface area contributed by atoms with E-state index in [0.29, 0.717) is 57.6 Å². The predicted octanol–water partition coefficient (Wildman–Crippen LogP) is -1.27. The SMILES string of the molecule is C=CC(=O)Cl.C=CC(=O)OC(CC(=O)OC)(CC(=O)OC)C(=O)OC.COC(=O)/C=C(/CC(=O)OC)C(=O)OC.COC(=O)CC(O)(CC(=O)OC)C(=O)OC.COCCN.COCCN.COCCNC(C(=O)OC)C(CC(=O)OC)C(=O)OC.COCCS.COCCSCCC(=O)OC(CC(=O)OC)(CC(=O)OC)C(=O)OC. The number of nitrogens with one attached hydrogen (secondary N) is 1. The smallest absolute Gasteiger partial charge is 0.351 e. The monoisotopic (exact) mass is 1740 g/mol. The first-order chi connectivity index (χ1) is 54.6.